The molecule has 3 heteroatoms. The monoisotopic (exact) mass is 212 g/mol. The van der Waals surface area contributed by atoms with E-state index in [1.54, 1.807) is 0 Å². The summed E-state index contributed by atoms with van der Waals surface area (Å²) in [5.41, 5.74) is 5.23. The Kier molecular flexibility index (Phi) is 4.58. The van der Waals surface area contributed by atoms with Gasteiger partial charge in [0, 0.05) is 18.5 Å². The Bertz CT molecular complexity index is 218. The van der Waals surface area contributed by atoms with E-state index in [0.29, 0.717) is 12.0 Å². The molecule has 1 aliphatic carbocycles. The number of carbonyl (C=O) groups excluding carboxylic acids is 1. The highest BCUT2D eigenvalue weighted by molar-refractivity contribution is 5.76. The summed E-state index contributed by atoms with van der Waals surface area (Å²) < 4.78 is 0. The van der Waals surface area contributed by atoms with Crippen LogP contribution in [0.4, 0.5) is 0 Å². The molecule has 0 aliphatic heterocycles. The minimum atomic E-state index is -0.209. The van der Waals surface area contributed by atoms with Crippen LogP contribution in [0, 0.1) is 17.8 Å². The Hall–Kier alpha value is -0.570. The number of hydrogen-bond donors (Lipinski definition) is 2. The van der Waals surface area contributed by atoms with Gasteiger partial charge in [-0.05, 0) is 31.1 Å². The van der Waals surface area contributed by atoms with E-state index in [2.05, 4.69) is 19.2 Å². The second kappa shape index (κ2) is 5.50. The van der Waals surface area contributed by atoms with Gasteiger partial charge in [-0.3, -0.25) is 4.79 Å². The lowest BCUT2D eigenvalue weighted by Gasteiger charge is -2.33. The molecule has 4 atom stereocenters. The van der Waals surface area contributed by atoms with Crippen LogP contribution >= 0.6 is 0 Å². The van der Waals surface area contributed by atoms with E-state index < -0.39 is 0 Å². The van der Waals surface area contributed by atoms with Gasteiger partial charge in [0.15, 0.2) is 0 Å². The van der Waals surface area contributed by atoms with Gasteiger partial charge < -0.3 is 11.1 Å². The van der Waals surface area contributed by atoms with Crippen molar-refractivity contribution in [2.24, 2.45) is 23.5 Å². The van der Waals surface area contributed by atoms with Crippen molar-refractivity contribution in [1.29, 1.82) is 0 Å². The lowest BCUT2D eigenvalue weighted by molar-refractivity contribution is -0.121. The number of nitrogens with one attached hydrogen (secondary N) is 1. The third-order valence-electron chi connectivity index (χ3n) is 3.60. The van der Waals surface area contributed by atoms with Crippen molar-refractivity contribution in [3.8, 4) is 0 Å². The van der Waals surface area contributed by atoms with Crippen LogP contribution in [0.1, 0.15) is 40.0 Å². The van der Waals surface area contributed by atoms with Gasteiger partial charge in [-0.1, -0.05) is 20.8 Å². The Balaban J connectivity index is 2.29. The molecule has 0 heterocycles. The smallest absolute Gasteiger partial charge is 0.221 e. The molecule has 0 aromatic heterocycles. The Labute approximate surface area is 92.8 Å². The average molecular weight is 212 g/mol. The molecule has 1 fully saturated rings. The van der Waals surface area contributed by atoms with Crippen molar-refractivity contribution < 1.29 is 4.79 Å². The quantitative estimate of drug-likeness (QED) is 0.742. The Morgan fingerprint density at radius 2 is 2.13 bits per heavy atom. The minimum Gasteiger partial charge on any atom is -0.369 e. The van der Waals surface area contributed by atoms with Crippen LogP contribution in [-0.4, -0.2) is 18.5 Å². The summed E-state index contributed by atoms with van der Waals surface area (Å²) in [6, 6.07) is 0.572. The van der Waals surface area contributed by atoms with Gasteiger partial charge in [0.2, 0.25) is 5.91 Å². The highest BCUT2D eigenvalue weighted by Crippen LogP contribution is 2.28. The zero-order valence-electron chi connectivity index (χ0n) is 10.1. The van der Waals surface area contributed by atoms with Crippen LogP contribution in [0.3, 0.4) is 0 Å². The predicted octanol–water partition coefficient (Wildman–Crippen LogP) is 1.52. The van der Waals surface area contributed by atoms with Crippen molar-refractivity contribution in [3.63, 3.8) is 0 Å². The van der Waals surface area contributed by atoms with E-state index >= 15 is 0 Å². The molecule has 0 saturated heterocycles. The first-order chi connectivity index (χ1) is 7.00. The van der Waals surface area contributed by atoms with Gasteiger partial charge in [0.05, 0.1) is 0 Å². The normalized spacial score (nSPS) is 33.7. The third kappa shape index (κ3) is 3.82. The maximum atomic E-state index is 10.9. The minimum absolute atomic E-state index is 0.0588. The number of hydrogen-bond acceptors (Lipinski definition) is 2. The molecule has 3 nitrogen and oxygen atoms in total. The van der Waals surface area contributed by atoms with Crippen molar-refractivity contribution in [3.05, 3.63) is 0 Å². The molecule has 15 heavy (non-hydrogen) atoms. The molecule has 0 bridgehead atoms. The standard InChI is InChI=1S/C12H24N2O/c1-8-4-5-11(9(2)6-8)14-7-10(3)12(13)15/h8-11,14H,4-7H2,1-3H3,(H2,13,15). The summed E-state index contributed by atoms with van der Waals surface area (Å²) in [7, 11) is 0. The topological polar surface area (TPSA) is 55.1 Å². The third-order valence-corrected chi connectivity index (χ3v) is 3.60. The zero-order chi connectivity index (χ0) is 11.4. The lowest BCUT2D eigenvalue weighted by Crippen LogP contribution is -2.42. The highest BCUT2D eigenvalue weighted by atomic mass is 16.1. The molecule has 0 aromatic rings. The second-order valence-corrected chi connectivity index (χ2v) is 5.21. The van der Waals surface area contributed by atoms with Gasteiger partial charge in [0.1, 0.15) is 0 Å². The summed E-state index contributed by atoms with van der Waals surface area (Å²) in [5, 5.41) is 3.47. The largest absolute Gasteiger partial charge is 0.369 e. The summed E-state index contributed by atoms with van der Waals surface area (Å²) >= 11 is 0. The van der Waals surface area contributed by atoms with E-state index in [1.807, 2.05) is 6.92 Å². The van der Waals surface area contributed by atoms with Crippen LogP contribution in [0.25, 0.3) is 0 Å². The summed E-state index contributed by atoms with van der Waals surface area (Å²) in [6.45, 7) is 7.21. The molecule has 1 saturated carbocycles. The molecule has 1 amide bonds. The molecule has 4 unspecified atom stereocenters. The maximum Gasteiger partial charge on any atom is 0.221 e. The van der Waals surface area contributed by atoms with Crippen molar-refractivity contribution >= 4 is 5.91 Å². The van der Waals surface area contributed by atoms with Crippen molar-refractivity contribution in [2.75, 3.05) is 6.54 Å². The van der Waals surface area contributed by atoms with E-state index in [1.165, 1.54) is 19.3 Å². The molecule has 0 spiro atoms. The summed E-state index contributed by atoms with van der Waals surface area (Å²) in [6.07, 6.45) is 3.82. The summed E-state index contributed by atoms with van der Waals surface area (Å²) in [5.74, 6) is 1.30. The van der Waals surface area contributed by atoms with Crippen molar-refractivity contribution in [1.82, 2.24) is 5.32 Å². The fourth-order valence-electron chi connectivity index (χ4n) is 2.40. The second-order valence-electron chi connectivity index (χ2n) is 5.21. The molecule has 1 aliphatic rings. The summed E-state index contributed by atoms with van der Waals surface area (Å²) in [4.78, 5) is 10.9. The fourth-order valence-corrected chi connectivity index (χ4v) is 2.40. The number of carbonyl (C=O) groups is 1. The molecule has 0 aromatic carbocycles. The average Bonchev–Trinajstić information content (AvgIpc) is 2.15. The first-order valence-electron chi connectivity index (χ1n) is 6.03. The molecule has 0 radical (unpaired) electrons. The number of nitrogens with two attached hydrogens (primary N) is 1. The van der Waals surface area contributed by atoms with E-state index in [0.717, 1.165) is 12.5 Å². The van der Waals surface area contributed by atoms with Gasteiger partial charge >= 0.3 is 0 Å². The molecular formula is C12H24N2O. The fraction of sp³-hybridized carbons (Fsp3) is 0.917. The van der Waals surface area contributed by atoms with E-state index in [-0.39, 0.29) is 11.8 Å². The van der Waals surface area contributed by atoms with Crippen molar-refractivity contribution in [2.45, 2.75) is 46.1 Å². The molecule has 88 valence electrons. The van der Waals surface area contributed by atoms with E-state index in [9.17, 15) is 4.79 Å². The number of rotatable bonds is 4. The van der Waals surface area contributed by atoms with Gasteiger partial charge in [0.25, 0.3) is 0 Å². The number of primary amides is 1. The molecular weight excluding hydrogens is 188 g/mol. The van der Waals surface area contributed by atoms with Gasteiger partial charge in [-0.25, -0.2) is 0 Å². The first-order valence-corrected chi connectivity index (χ1v) is 6.03. The van der Waals surface area contributed by atoms with Crippen LogP contribution in [0.2, 0.25) is 0 Å². The zero-order valence-corrected chi connectivity index (χ0v) is 10.1. The first kappa shape index (κ1) is 12.5. The SMILES string of the molecule is CC1CCC(NCC(C)C(N)=O)C(C)C1. The maximum absolute atomic E-state index is 10.9. The van der Waals surface area contributed by atoms with Crippen LogP contribution in [0.5, 0.6) is 0 Å². The lowest BCUT2D eigenvalue weighted by atomic mass is 9.80. The molecule has 1 rings (SSSR count). The Morgan fingerprint density at radius 1 is 1.47 bits per heavy atom. The van der Waals surface area contributed by atoms with Crippen LogP contribution in [-0.2, 0) is 4.79 Å². The van der Waals surface area contributed by atoms with E-state index in [4.69, 9.17) is 5.73 Å². The highest BCUT2D eigenvalue weighted by Gasteiger charge is 2.25. The Morgan fingerprint density at radius 3 is 2.67 bits per heavy atom. The predicted molar refractivity (Wildman–Crippen MR) is 62.3 cm³/mol. The van der Waals surface area contributed by atoms with Gasteiger partial charge in [-0.2, -0.15) is 0 Å². The number of amides is 1. The van der Waals surface area contributed by atoms with Crippen LogP contribution in [0.15, 0.2) is 0 Å². The van der Waals surface area contributed by atoms with Gasteiger partial charge in [-0.15, -0.1) is 0 Å². The van der Waals surface area contributed by atoms with Crippen LogP contribution < -0.4 is 11.1 Å². The molecule has 3 N–H and O–H groups in total.